The van der Waals surface area contributed by atoms with Crippen molar-refractivity contribution in [1.29, 1.82) is 0 Å². The molecule has 2 aromatic rings. The Morgan fingerprint density at radius 3 is 2.76 bits per heavy atom. The van der Waals surface area contributed by atoms with Gasteiger partial charge in [-0.15, -0.1) is 11.3 Å². The van der Waals surface area contributed by atoms with Gasteiger partial charge in [0.1, 0.15) is 5.01 Å². The number of benzene rings is 1. The number of nitrogens with zero attached hydrogens (tertiary/aromatic N) is 1. The van der Waals surface area contributed by atoms with E-state index in [0.717, 1.165) is 17.6 Å². The van der Waals surface area contributed by atoms with E-state index >= 15 is 0 Å². The number of hydrogen-bond acceptors (Lipinski definition) is 3. The van der Waals surface area contributed by atoms with Crippen LogP contribution < -0.4 is 5.32 Å². The molecule has 2 rings (SSSR count). The minimum absolute atomic E-state index is 0.185. The van der Waals surface area contributed by atoms with E-state index in [-0.39, 0.29) is 6.04 Å². The normalized spacial score (nSPS) is 12.6. The molecule has 17 heavy (non-hydrogen) atoms. The summed E-state index contributed by atoms with van der Waals surface area (Å²) in [5, 5.41) is 5.91. The molecule has 0 spiro atoms. The number of rotatable bonds is 4. The van der Waals surface area contributed by atoms with Crippen molar-refractivity contribution in [3.05, 3.63) is 52.0 Å². The first-order chi connectivity index (χ1) is 8.22. The Morgan fingerprint density at radius 2 is 2.18 bits per heavy atom. The van der Waals surface area contributed by atoms with E-state index in [1.807, 2.05) is 12.3 Å². The van der Waals surface area contributed by atoms with Gasteiger partial charge in [0.2, 0.25) is 0 Å². The SMILES string of the molecule is CCNC(c1ccc(F)c(F)c1)c1nccs1. The van der Waals surface area contributed by atoms with E-state index in [0.29, 0.717) is 5.56 Å². The maximum absolute atomic E-state index is 13.2. The first kappa shape index (κ1) is 12.1. The van der Waals surface area contributed by atoms with Crippen LogP contribution in [-0.2, 0) is 0 Å². The van der Waals surface area contributed by atoms with E-state index in [2.05, 4.69) is 10.3 Å². The van der Waals surface area contributed by atoms with Gasteiger partial charge in [0.15, 0.2) is 11.6 Å². The maximum atomic E-state index is 13.2. The molecule has 2 nitrogen and oxygen atoms in total. The second-order valence-electron chi connectivity index (χ2n) is 3.53. The van der Waals surface area contributed by atoms with Gasteiger partial charge in [-0.1, -0.05) is 13.0 Å². The van der Waals surface area contributed by atoms with Crippen LogP contribution in [0.2, 0.25) is 0 Å². The maximum Gasteiger partial charge on any atom is 0.159 e. The predicted molar refractivity (Wildman–Crippen MR) is 64.0 cm³/mol. The Kier molecular flexibility index (Phi) is 3.81. The van der Waals surface area contributed by atoms with E-state index in [4.69, 9.17) is 0 Å². The minimum Gasteiger partial charge on any atom is -0.305 e. The van der Waals surface area contributed by atoms with Gasteiger partial charge in [-0.2, -0.15) is 0 Å². The van der Waals surface area contributed by atoms with E-state index in [9.17, 15) is 8.78 Å². The zero-order valence-electron chi connectivity index (χ0n) is 9.28. The monoisotopic (exact) mass is 254 g/mol. The van der Waals surface area contributed by atoms with Crippen LogP contribution in [0.4, 0.5) is 8.78 Å². The number of halogens is 2. The third-order valence-corrected chi connectivity index (χ3v) is 3.22. The molecule has 0 fully saturated rings. The highest BCUT2D eigenvalue weighted by Crippen LogP contribution is 2.24. The van der Waals surface area contributed by atoms with Crippen LogP contribution in [0, 0.1) is 11.6 Å². The Bertz CT molecular complexity index is 485. The molecule has 0 aliphatic heterocycles. The molecule has 1 aromatic heterocycles. The lowest BCUT2D eigenvalue weighted by atomic mass is 10.1. The Labute approximate surface area is 102 Å². The fraction of sp³-hybridized carbons (Fsp3) is 0.250. The lowest BCUT2D eigenvalue weighted by Gasteiger charge is -2.15. The van der Waals surface area contributed by atoms with Crippen molar-refractivity contribution in [2.24, 2.45) is 0 Å². The van der Waals surface area contributed by atoms with Crippen molar-refractivity contribution in [2.75, 3.05) is 6.54 Å². The molecule has 1 N–H and O–H groups in total. The van der Waals surface area contributed by atoms with Gasteiger partial charge in [0, 0.05) is 11.6 Å². The van der Waals surface area contributed by atoms with Crippen LogP contribution in [-0.4, -0.2) is 11.5 Å². The minimum atomic E-state index is -0.832. The van der Waals surface area contributed by atoms with E-state index in [1.165, 1.54) is 17.4 Å². The van der Waals surface area contributed by atoms with Crippen molar-refractivity contribution in [2.45, 2.75) is 13.0 Å². The molecule has 90 valence electrons. The van der Waals surface area contributed by atoms with Gasteiger partial charge in [0.05, 0.1) is 6.04 Å². The van der Waals surface area contributed by atoms with Crippen molar-refractivity contribution in [3.63, 3.8) is 0 Å². The topological polar surface area (TPSA) is 24.9 Å². The molecular formula is C12H12F2N2S. The molecule has 1 unspecified atom stereocenters. The van der Waals surface area contributed by atoms with Crippen molar-refractivity contribution < 1.29 is 8.78 Å². The summed E-state index contributed by atoms with van der Waals surface area (Å²) >= 11 is 1.49. The summed E-state index contributed by atoms with van der Waals surface area (Å²) in [7, 11) is 0. The van der Waals surface area contributed by atoms with Crippen molar-refractivity contribution in [1.82, 2.24) is 10.3 Å². The second kappa shape index (κ2) is 5.33. The van der Waals surface area contributed by atoms with Gasteiger partial charge in [-0.25, -0.2) is 13.8 Å². The van der Waals surface area contributed by atoms with Gasteiger partial charge < -0.3 is 5.32 Å². The molecule has 0 bridgehead atoms. The molecule has 1 heterocycles. The quantitative estimate of drug-likeness (QED) is 0.906. The lowest BCUT2D eigenvalue weighted by Crippen LogP contribution is -2.22. The molecule has 1 aromatic carbocycles. The van der Waals surface area contributed by atoms with E-state index in [1.54, 1.807) is 12.3 Å². The summed E-state index contributed by atoms with van der Waals surface area (Å²) in [4.78, 5) is 4.20. The van der Waals surface area contributed by atoms with Crippen LogP contribution in [0.15, 0.2) is 29.8 Å². The summed E-state index contributed by atoms with van der Waals surface area (Å²) in [6.07, 6.45) is 1.70. The zero-order chi connectivity index (χ0) is 12.3. The Balaban J connectivity index is 2.35. The van der Waals surface area contributed by atoms with Crippen LogP contribution in [0.1, 0.15) is 23.5 Å². The number of aromatic nitrogens is 1. The smallest absolute Gasteiger partial charge is 0.159 e. The predicted octanol–water partition coefficient (Wildman–Crippen LogP) is 3.12. The molecule has 0 aliphatic rings. The summed E-state index contributed by atoms with van der Waals surface area (Å²) in [6, 6.07) is 3.75. The largest absolute Gasteiger partial charge is 0.305 e. The van der Waals surface area contributed by atoms with Gasteiger partial charge in [-0.05, 0) is 24.2 Å². The van der Waals surface area contributed by atoms with Crippen LogP contribution in [0.25, 0.3) is 0 Å². The van der Waals surface area contributed by atoms with Crippen molar-refractivity contribution in [3.8, 4) is 0 Å². The summed E-state index contributed by atoms with van der Waals surface area (Å²) in [6.45, 7) is 2.68. The van der Waals surface area contributed by atoms with Crippen LogP contribution in [0.5, 0.6) is 0 Å². The molecule has 0 radical (unpaired) electrons. The summed E-state index contributed by atoms with van der Waals surface area (Å²) in [5.74, 6) is -1.66. The van der Waals surface area contributed by atoms with Crippen LogP contribution in [0.3, 0.4) is 0 Å². The van der Waals surface area contributed by atoms with Gasteiger partial charge >= 0.3 is 0 Å². The zero-order valence-corrected chi connectivity index (χ0v) is 10.1. The van der Waals surface area contributed by atoms with Gasteiger partial charge in [-0.3, -0.25) is 0 Å². The average Bonchev–Trinajstić information content (AvgIpc) is 2.83. The molecule has 0 saturated carbocycles. The molecule has 5 heteroatoms. The summed E-state index contributed by atoms with van der Waals surface area (Å²) < 4.78 is 26.1. The van der Waals surface area contributed by atoms with E-state index < -0.39 is 11.6 Å². The molecule has 0 aliphatic carbocycles. The fourth-order valence-electron chi connectivity index (χ4n) is 1.62. The first-order valence-corrected chi connectivity index (χ1v) is 6.18. The molecule has 0 amide bonds. The lowest BCUT2D eigenvalue weighted by molar-refractivity contribution is 0.503. The molecular weight excluding hydrogens is 242 g/mol. The second-order valence-corrected chi connectivity index (χ2v) is 4.46. The summed E-state index contributed by atoms with van der Waals surface area (Å²) in [5.41, 5.74) is 0.681. The molecule has 0 saturated heterocycles. The highest BCUT2D eigenvalue weighted by atomic mass is 32.1. The van der Waals surface area contributed by atoms with Crippen LogP contribution >= 0.6 is 11.3 Å². The fourth-order valence-corrected chi connectivity index (χ4v) is 2.36. The Morgan fingerprint density at radius 1 is 1.35 bits per heavy atom. The highest BCUT2D eigenvalue weighted by Gasteiger charge is 2.16. The van der Waals surface area contributed by atoms with Crippen molar-refractivity contribution >= 4 is 11.3 Å². The number of hydrogen-bond donors (Lipinski definition) is 1. The highest BCUT2D eigenvalue weighted by molar-refractivity contribution is 7.09. The average molecular weight is 254 g/mol. The first-order valence-electron chi connectivity index (χ1n) is 5.30. The third kappa shape index (κ3) is 2.68. The standard InChI is InChI=1S/C12H12F2N2S/c1-2-15-11(12-16-5-6-17-12)8-3-4-9(13)10(14)7-8/h3-7,11,15H,2H2,1H3. The third-order valence-electron chi connectivity index (χ3n) is 2.38. The van der Waals surface area contributed by atoms with Gasteiger partial charge in [0.25, 0.3) is 0 Å². The number of nitrogens with one attached hydrogen (secondary N) is 1. The number of thiazole rings is 1. The molecule has 1 atom stereocenters. The Hall–Kier alpha value is -1.33.